The molecular formula is C21H20F4N4O. The van der Waals surface area contributed by atoms with Crippen molar-refractivity contribution in [2.75, 3.05) is 10.6 Å². The van der Waals surface area contributed by atoms with E-state index in [-0.39, 0.29) is 5.95 Å². The number of rotatable bonds is 5. The van der Waals surface area contributed by atoms with Gasteiger partial charge in [0.25, 0.3) is 0 Å². The van der Waals surface area contributed by atoms with Crippen LogP contribution in [0.4, 0.5) is 40.7 Å². The SMILES string of the molecule is CC(C)(C)Oc1cccc(Nc2nc(Nc3ccc(F)cc3)ncc2C(F)(F)F)c1. The lowest BCUT2D eigenvalue weighted by atomic mass is 10.2. The Bertz CT molecular complexity index is 1010. The number of benzene rings is 2. The van der Waals surface area contributed by atoms with Gasteiger partial charge in [0.05, 0.1) is 0 Å². The lowest BCUT2D eigenvalue weighted by Gasteiger charge is -2.22. The normalized spacial score (nSPS) is 11.8. The van der Waals surface area contributed by atoms with Gasteiger partial charge in [0.2, 0.25) is 5.95 Å². The predicted molar refractivity (Wildman–Crippen MR) is 107 cm³/mol. The zero-order valence-electron chi connectivity index (χ0n) is 16.5. The average molecular weight is 420 g/mol. The van der Waals surface area contributed by atoms with Gasteiger partial charge in [0.1, 0.15) is 28.5 Å². The number of nitrogens with one attached hydrogen (secondary N) is 2. The van der Waals surface area contributed by atoms with Crippen LogP contribution in [0.2, 0.25) is 0 Å². The zero-order chi connectivity index (χ0) is 21.9. The van der Waals surface area contributed by atoms with E-state index in [1.807, 2.05) is 20.8 Å². The van der Waals surface area contributed by atoms with Crippen LogP contribution in [0.3, 0.4) is 0 Å². The fourth-order valence-electron chi connectivity index (χ4n) is 2.53. The summed E-state index contributed by atoms with van der Waals surface area (Å²) >= 11 is 0. The van der Waals surface area contributed by atoms with Crippen molar-refractivity contribution in [3.05, 3.63) is 66.1 Å². The number of halogens is 4. The summed E-state index contributed by atoms with van der Waals surface area (Å²) in [5.41, 5.74) is -0.678. The molecule has 0 fully saturated rings. The summed E-state index contributed by atoms with van der Waals surface area (Å²) in [7, 11) is 0. The Morgan fingerprint density at radius 1 is 0.900 bits per heavy atom. The molecule has 2 N–H and O–H groups in total. The van der Waals surface area contributed by atoms with Gasteiger partial charge >= 0.3 is 6.18 Å². The molecule has 2 aromatic carbocycles. The molecule has 3 aromatic rings. The van der Waals surface area contributed by atoms with E-state index in [2.05, 4.69) is 20.6 Å². The smallest absolute Gasteiger partial charge is 0.421 e. The second-order valence-corrected chi connectivity index (χ2v) is 7.45. The molecule has 0 radical (unpaired) electrons. The first-order chi connectivity index (χ1) is 14.0. The lowest BCUT2D eigenvalue weighted by molar-refractivity contribution is -0.137. The van der Waals surface area contributed by atoms with E-state index in [0.29, 0.717) is 23.3 Å². The molecule has 0 saturated heterocycles. The maximum atomic E-state index is 13.4. The summed E-state index contributed by atoms with van der Waals surface area (Å²) in [5, 5.41) is 5.45. The molecule has 0 aliphatic heterocycles. The topological polar surface area (TPSA) is 59.1 Å². The van der Waals surface area contributed by atoms with Crippen molar-refractivity contribution in [3.63, 3.8) is 0 Å². The zero-order valence-corrected chi connectivity index (χ0v) is 16.5. The van der Waals surface area contributed by atoms with Crippen molar-refractivity contribution < 1.29 is 22.3 Å². The Hall–Kier alpha value is -3.36. The first kappa shape index (κ1) is 21.4. The summed E-state index contributed by atoms with van der Waals surface area (Å²) in [6, 6.07) is 11.8. The highest BCUT2D eigenvalue weighted by Crippen LogP contribution is 2.36. The van der Waals surface area contributed by atoms with E-state index in [9.17, 15) is 17.6 Å². The third-order valence-corrected chi connectivity index (χ3v) is 3.72. The maximum Gasteiger partial charge on any atom is 0.421 e. The van der Waals surface area contributed by atoms with Crippen LogP contribution in [0, 0.1) is 5.82 Å². The van der Waals surface area contributed by atoms with Crippen molar-refractivity contribution in [2.45, 2.75) is 32.5 Å². The summed E-state index contributed by atoms with van der Waals surface area (Å²) in [5.74, 6) is -0.428. The van der Waals surface area contributed by atoms with Crippen LogP contribution in [-0.4, -0.2) is 15.6 Å². The van der Waals surface area contributed by atoms with Crippen LogP contribution in [0.25, 0.3) is 0 Å². The van der Waals surface area contributed by atoms with E-state index >= 15 is 0 Å². The Balaban J connectivity index is 1.91. The Labute approximate surface area is 171 Å². The molecule has 30 heavy (non-hydrogen) atoms. The number of hydrogen-bond acceptors (Lipinski definition) is 5. The second kappa shape index (κ2) is 8.17. The minimum atomic E-state index is -4.66. The molecule has 9 heteroatoms. The second-order valence-electron chi connectivity index (χ2n) is 7.45. The van der Waals surface area contributed by atoms with Crippen molar-refractivity contribution in [2.24, 2.45) is 0 Å². The number of hydrogen-bond donors (Lipinski definition) is 2. The van der Waals surface area contributed by atoms with Crippen molar-refractivity contribution >= 4 is 23.1 Å². The standard InChI is InChI=1S/C21H20F4N4O/c1-20(2,3)30-16-6-4-5-15(11-16)27-18-17(21(23,24)25)12-26-19(29-18)28-14-9-7-13(22)8-10-14/h4-12H,1-3H3,(H2,26,27,28,29). The van der Waals surface area contributed by atoms with Gasteiger partial charge in [-0.05, 0) is 57.2 Å². The van der Waals surface area contributed by atoms with E-state index in [0.717, 1.165) is 0 Å². The molecular weight excluding hydrogens is 400 g/mol. The molecule has 0 aliphatic rings. The van der Waals surface area contributed by atoms with Gasteiger partial charge in [-0.25, -0.2) is 9.37 Å². The predicted octanol–water partition coefficient (Wildman–Crippen LogP) is 6.30. The van der Waals surface area contributed by atoms with Crippen molar-refractivity contribution in [1.29, 1.82) is 0 Å². The molecule has 1 aromatic heterocycles. The third-order valence-electron chi connectivity index (χ3n) is 3.72. The number of alkyl halides is 3. The van der Waals surface area contributed by atoms with Crippen LogP contribution in [0.15, 0.2) is 54.7 Å². The molecule has 0 bridgehead atoms. The largest absolute Gasteiger partial charge is 0.488 e. The summed E-state index contributed by atoms with van der Waals surface area (Å²) in [4.78, 5) is 7.70. The van der Waals surface area contributed by atoms with Crippen LogP contribution < -0.4 is 15.4 Å². The van der Waals surface area contributed by atoms with Crippen LogP contribution in [0.1, 0.15) is 26.3 Å². The van der Waals surface area contributed by atoms with Gasteiger partial charge in [-0.1, -0.05) is 6.07 Å². The minimum Gasteiger partial charge on any atom is -0.488 e. The number of anilines is 4. The van der Waals surface area contributed by atoms with Crippen molar-refractivity contribution in [1.82, 2.24) is 9.97 Å². The molecule has 0 atom stereocenters. The minimum absolute atomic E-state index is 0.0702. The van der Waals surface area contributed by atoms with Gasteiger partial charge in [-0.15, -0.1) is 0 Å². The van der Waals surface area contributed by atoms with Gasteiger partial charge < -0.3 is 15.4 Å². The molecule has 0 amide bonds. The van der Waals surface area contributed by atoms with E-state index < -0.39 is 29.0 Å². The summed E-state index contributed by atoms with van der Waals surface area (Å²) in [6.07, 6.45) is -3.97. The monoisotopic (exact) mass is 420 g/mol. The fourth-order valence-corrected chi connectivity index (χ4v) is 2.53. The van der Waals surface area contributed by atoms with Crippen molar-refractivity contribution in [3.8, 4) is 5.75 Å². The summed E-state index contributed by atoms with van der Waals surface area (Å²) < 4.78 is 59.1. The average Bonchev–Trinajstić information content (AvgIpc) is 2.62. The van der Waals surface area contributed by atoms with Crippen LogP contribution in [-0.2, 0) is 6.18 Å². The third kappa shape index (κ3) is 5.82. The van der Waals surface area contributed by atoms with Gasteiger partial charge in [0.15, 0.2) is 0 Å². The Morgan fingerprint density at radius 2 is 1.60 bits per heavy atom. The first-order valence-electron chi connectivity index (χ1n) is 9.02. The summed E-state index contributed by atoms with van der Waals surface area (Å²) in [6.45, 7) is 5.60. The molecule has 1 heterocycles. The molecule has 0 spiro atoms. The Kier molecular flexibility index (Phi) is 5.82. The molecule has 158 valence electrons. The fraction of sp³-hybridized carbons (Fsp3) is 0.238. The highest BCUT2D eigenvalue weighted by Gasteiger charge is 2.35. The van der Waals surface area contributed by atoms with Gasteiger partial charge in [0, 0.05) is 23.6 Å². The van der Waals surface area contributed by atoms with Crippen LogP contribution in [0.5, 0.6) is 5.75 Å². The molecule has 0 unspecified atom stereocenters. The molecule has 0 aliphatic carbocycles. The lowest BCUT2D eigenvalue weighted by Crippen LogP contribution is -2.22. The quantitative estimate of drug-likeness (QED) is 0.475. The molecule has 3 rings (SSSR count). The highest BCUT2D eigenvalue weighted by molar-refractivity contribution is 5.64. The van der Waals surface area contributed by atoms with E-state index in [1.165, 1.54) is 24.3 Å². The van der Waals surface area contributed by atoms with E-state index in [1.54, 1.807) is 24.3 Å². The molecule has 5 nitrogen and oxygen atoms in total. The highest BCUT2D eigenvalue weighted by atomic mass is 19.4. The maximum absolute atomic E-state index is 13.4. The number of ether oxygens (including phenoxy) is 1. The van der Waals surface area contributed by atoms with E-state index in [4.69, 9.17) is 4.74 Å². The Morgan fingerprint density at radius 3 is 2.23 bits per heavy atom. The molecule has 0 saturated carbocycles. The van der Waals surface area contributed by atoms with Gasteiger partial charge in [-0.3, -0.25) is 0 Å². The number of aromatic nitrogens is 2. The number of nitrogens with zero attached hydrogens (tertiary/aromatic N) is 2. The van der Waals surface area contributed by atoms with Gasteiger partial charge in [-0.2, -0.15) is 18.2 Å². The van der Waals surface area contributed by atoms with Crippen LogP contribution >= 0.6 is 0 Å². The first-order valence-corrected chi connectivity index (χ1v) is 9.02.